The van der Waals surface area contributed by atoms with Crippen LogP contribution in [0.25, 0.3) is 0 Å². The van der Waals surface area contributed by atoms with Gasteiger partial charge in [-0.3, -0.25) is 9.59 Å². The zero-order chi connectivity index (χ0) is 17.6. The molecule has 6 heteroatoms. The van der Waals surface area contributed by atoms with Gasteiger partial charge in [0.05, 0.1) is 0 Å². The number of nitrogens with zero attached hydrogens (tertiary/aromatic N) is 1. The summed E-state index contributed by atoms with van der Waals surface area (Å²) in [4.78, 5) is 25.7. The van der Waals surface area contributed by atoms with E-state index < -0.39 is 0 Å². The lowest BCUT2D eigenvalue weighted by molar-refractivity contribution is -0.123. The maximum absolute atomic E-state index is 12.8. The van der Waals surface area contributed by atoms with Gasteiger partial charge in [0.25, 0.3) is 5.91 Å². The highest BCUT2D eigenvalue weighted by Gasteiger charge is 2.30. The van der Waals surface area contributed by atoms with E-state index in [4.69, 9.17) is 4.74 Å². The number of para-hydroxylation sites is 1. The fourth-order valence-electron chi connectivity index (χ4n) is 2.76. The van der Waals surface area contributed by atoms with Crippen molar-refractivity contribution >= 4 is 17.5 Å². The third-order valence-electron chi connectivity index (χ3n) is 4.04. The van der Waals surface area contributed by atoms with Crippen molar-refractivity contribution in [2.45, 2.75) is 6.42 Å². The zero-order valence-corrected chi connectivity index (χ0v) is 13.7. The molecule has 3 rings (SSSR count). The van der Waals surface area contributed by atoms with E-state index in [2.05, 4.69) is 5.32 Å². The van der Waals surface area contributed by atoms with Gasteiger partial charge in [-0.1, -0.05) is 18.2 Å². The van der Waals surface area contributed by atoms with Gasteiger partial charge in [0.15, 0.2) is 6.61 Å². The van der Waals surface area contributed by atoms with Gasteiger partial charge < -0.3 is 15.0 Å². The number of amides is 2. The maximum Gasteiger partial charge on any atom is 0.257 e. The summed E-state index contributed by atoms with van der Waals surface area (Å²) in [5.41, 5.74) is 0.876. The molecule has 25 heavy (non-hydrogen) atoms. The van der Waals surface area contributed by atoms with Gasteiger partial charge in [-0.15, -0.1) is 0 Å². The summed E-state index contributed by atoms with van der Waals surface area (Å²) in [6.07, 6.45) is 0.411. The van der Waals surface area contributed by atoms with Gasteiger partial charge in [0.1, 0.15) is 11.6 Å². The Morgan fingerprint density at radius 1 is 1.16 bits per heavy atom. The Bertz CT molecular complexity index is 734. The summed E-state index contributed by atoms with van der Waals surface area (Å²) < 4.78 is 18.1. The number of carbonyl (C=O) groups excluding carboxylic acids is 2. The van der Waals surface area contributed by atoms with Crippen LogP contribution in [0.3, 0.4) is 0 Å². The molecule has 1 fully saturated rings. The maximum atomic E-state index is 12.8. The van der Waals surface area contributed by atoms with Crippen LogP contribution in [0.5, 0.6) is 5.75 Å². The lowest BCUT2D eigenvalue weighted by Gasteiger charge is -2.16. The van der Waals surface area contributed by atoms with Gasteiger partial charge >= 0.3 is 0 Å². The Hall–Kier alpha value is -2.89. The Morgan fingerprint density at radius 3 is 2.60 bits per heavy atom. The summed E-state index contributed by atoms with van der Waals surface area (Å²) in [5, 5.41) is 2.78. The van der Waals surface area contributed by atoms with Gasteiger partial charge in [0, 0.05) is 31.1 Å². The highest BCUT2D eigenvalue weighted by atomic mass is 19.1. The molecule has 1 unspecified atom stereocenters. The molecule has 1 aliphatic rings. The lowest BCUT2D eigenvalue weighted by Crippen LogP contribution is -2.34. The van der Waals surface area contributed by atoms with Gasteiger partial charge in [-0.25, -0.2) is 4.39 Å². The van der Waals surface area contributed by atoms with E-state index in [1.54, 1.807) is 4.90 Å². The number of hydrogen-bond donors (Lipinski definition) is 1. The van der Waals surface area contributed by atoms with Crippen molar-refractivity contribution in [3.05, 3.63) is 60.4 Å². The van der Waals surface area contributed by atoms with Crippen LogP contribution in [-0.2, 0) is 9.59 Å². The van der Waals surface area contributed by atoms with Crippen molar-refractivity contribution in [3.63, 3.8) is 0 Å². The molecule has 130 valence electrons. The lowest BCUT2D eigenvalue weighted by atomic mass is 10.1. The second kappa shape index (κ2) is 7.79. The van der Waals surface area contributed by atoms with Crippen LogP contribution in [0.4, 0.5) is 10.1 Å². The molecule has 0 saturated carbocycles. The Morgan fingerprint density at radius 2 is 1.88 bits per heavy atom. The molecule has 0 bridgehead atoms. The van der Waals surface area contributed by atoms with Crippen molar-refractivity contribution in [1.82, 2.24) is 5.32 Å². The van der Waals surface area contributed by atoms with E-state index in [1.165, 1.54) is 24.3 Å². The predicted octanol–water partition coefficient (Wildman–Crippen LogP) is 2.37. The topological polar surface area (TPSA) is 58.6 Å². The molecule has 1 aliphatic heterocycles. The minimum absolute atomic E-state index is 0.0630. The van der Waals surface area contributed by atoms with Crippen molar-refractivity contribution in [2.24, 2.45) is 5.92 Å². The average molecular weight is 342 g/mol. The van der Waals surface area contributed by atoms with E-state index in [9.17, 15) is 14.0 Å². The molecule has 2 amide bonds. The number of halogens is 1. The number of rotatable bonds is 6. The van der Waals surface area contributed by atoms with Crippen LogP contribution in [0, 0.1) is 11.7 Å². The third-order valence-corrected chi connectivity index (χ3v) is 4.04. The van der Waals surface area contributed by atoms with E-state index in [0.29, 0.717) is 25.3 Å². The van der Waals surface area contributed by atoms with E-state index in [-0.39, 0.29) is 30.2 Å². The van der Waals surface area contributed by atoms with Crippen LogP contribution >= 0.6 is 0 Å². The molecule has 0 aromatic heterocycles. The quantitative estimate of drug-likeness (QED) is 0.877. The molecule has 1 saturated heterocycles. The van der Waals surface area contributed by atoms with Crippen molar-refractivity contribution in [3.8, 4) is 5.75 Å². The van der Waals surface area contributed by atoms with Crippen molar-refractivity contribution < 1.29 is 18.7 Å². The first-order chi connectivity index (χ1) is 12.1. The Balaban J connectivity index is 1.43. The number of hydrogen-bond acceptors (Lipinski definition) is 3. The summed E-state index contributed by atoms with van der Waals surface area (Å²) in [5.74, 6) is -0.0565. The van der Waals surface area contributed by atoms with E-state index in [1.807, 2.05) is 30.3 Å². The van der Waals surface area contributed by atoms with Crippen LogP contribution < -0.4 is 15.0 Å². The first-order valence-corrected chi connectivity index (χ1v) is 8.12. The summed E-state index contributed by atoms with van der Waals surface area (Å²) in [6.45, 7) is 0.858. The molecule has 2 aromatic carbocycles. The highest BCUT2D eigenvalue weighted by molar-refractivity contribution is 5.95. The molecule has 0 aliphatic carbocycles. The molecule has 2 aromatic rings. The number of nitrogens with one attached hydrogen (secondary N) is 1. The average Bonchev–Trinajstić information content (AvgIpc) is 3.01. The standard InChI is InChI=1S/C19H19FN2O3/c20-15-6-8-17(9-7-15)25-13-18(23)21-11-14-10-19(24)22(12-14)16-4-2-1-3-5-16/h1-9,14H,10-13H2,(H,21,23). The SMILES string of the molecule is O=C(COc1ccc(F)cc1)NCC1CC(=O)N(c2ccccc2)C1. The first-order valence-electron chi connectivity index (χ1n) is 8.12. The molecule has 1 atom stereocenters. The van der Waals surface area contributed by atoms with Crippen LogP contribution in [0.1, 0.15) is 6.42 Å². The summed E-state index contributed by atoms with van der Waals surface area (Å²) in [6, 6.07) is 15.0. The fraction of sp³-hybridized carbons (Fsp3) is 0.263. The number of benzene rings is 2. The molecule has 0 radical (unpaired) electrons. The second-order valence-electron chi connectivity index (χ2n) is 5.96. The Kier molecular flexibility index (Phi) is 5.28. The molecule has 1 heterocycles. The van der Waals surface area contributed by atoms with Crippen LogP contribution in [-0.4, -0.2) is 31.5 Å². The molecular weight excluding hydrogens is 323 g/mol. The monoisotopic (exact) mass is 342 g/mol. The summed E-state index contributed by atoms with van der Waals surface area (Å²) >= 11 is 0. The second-order valence-corrected chi connectivity index (χ2v) is 5.96. The van der Waals surface area contributed by atoms with Crippen molar-refractivity contribution in [1.29, 1.82) is 0 Å². The largest absolute Gasteiger partial charge is 0.484 e. The van der Waals surface area contributed by atoms with Gasteiger partial charge in [-0.2, -0.15) is 0 Å². The smallest absolute Gasteiger partial charge is 0.257 e. The molecule has 5 nitrogen and oxygen atoms in total. The number of ether oxygens (including phenoxy) is 1. The molecule has 0 spiro atoms. The van der Waals surface area contributed by atoms with Gasteiger partial charge in [0.2, 0.25) is 5.91 Å². The predicted molar refractivity (Wildman–Crippen MR) is 91.8 cm³/mol. The summed E-state index contributed by atoms with van der Waals surface area (Å²) in [7, 11) is 0. The van der Waals surface area contributed by atoms with Crippen molar-refractivity contribution in [2.75, 3.05) is 24.6 Å². The highest BCUT2D eigenvalue weighted by Crippen LogP contribution is 2.24. The van der Waals surface area contributed by atoms with E-state index in [0.717, 1.165) is 5.69 Å². The van der Waals surface area contributed by atoms with Crippen LogP contribution in [0.15, 0.2) is 54.6 Å². The molecule has 1 N–H and O–H groups in total. The third kappa shape index (κ3) is 4.56. The zero-order valence-electron chi connectivity index (χ0n) is 13.7. The molecular formula is C19H19FN2O3. The first kappa shape index (κ1) is 17.0. The van der Waals surface area contributed by atoms with Gasteiger partial charge in [-0.05, 0) is 36.4 Å². The van der Waals surface area contributed by atoms with Crippen LogP contribution in [0.2, 0.25) is 0 Å². The number of carbonyl (C=O) groups is 2. The Labute approximate surface area is 145 Å². The van der Waals surface area contributed by atoms with E-state index >= 15 is 0 Å². The minimum Gasteiger partial charge on any atom is -0.484 e. The normalized spacial score (nSPS) is 16.8. The number of anilines is 1. The fourth-order valence-corrected chi connectivity index (χ4v) is 2.76. The minimum atomic E-state index is -0.356.